The maximum atomic E-state index is 8.60. The van der Waals surface area contributed by atoms with E-state index in [1.54, 1.807) is 6.33 Å². The van der Waals surface area contributed by atoms with Crippen LogP contribution in [0.1, 0.15) is 6.92 Å². The number of hydrogen-bond donors (Lipinski definition) is 4. The minimum Gasteiger partial charge on any atom is -0.394 e. The van der Waals surface area contributed by atoms with E-state index in [1.165, 1.54) is 0 Å². The smallest absolute Gasteiger partial charge is 0.226 e. The summed E-state index contributed by atoms with van der Waals surface area (Å²) >= 11 is 0. The van der Waals surface area contributed by atoms with E-state index in [2.05, 4.69) is 30.6 Å². The number of H-pyrrole nitrogens is 1. The average molecular weight is 266 g/mol. The molecule has 4 N–H and O–H groups in total. The SMILES string of the molecule is CCNc1nc(NCCOCCO)c2[nH]cnc2n1. The van der Waals surface area contributed by atoms with Crippen molar-refractivity contribution in [2.75, 3.05) is 43.5 Å². The molecule has 0 amide bonds. The van der Waals surface area contributed by atoms with Gasteiger partial charge in [0.05, 0.1) is 26.1 Å². The molecule has 8 nitrogen and oxygen atoms in total. The molecule has 104 valence electrons. The van der Waals surface area contributed by atoms with Gasteiger partial charge < -0.3 is 25.5 Å². The Morgan fingerprint density at radius 2 is 2.21 bits per heavy atom. The number of aromatic amines is 1. The van der Waals surface area contributed by atoms with Crippen molar-refractivity contribution in [1.82, 2.24) is 19.9 Å². The van der Waals surface area contributed by atoms with Crippen LogP contribution in [-0.4, -0.2) is 58.0 Å². The summed E-state index contributed by atoms with van der Waals surface area (Å²) in [5, 5.41) is 14.8. The lowest BCUT2D eigenvalue weighted by atomic mass is 10.4. The van der Waals surface area contributed by atoms with Crippen LogP contribution in [-0.2, 0) is 4.74 Å². The van der Waals surface area contributed by atoms with Crippen LogP contribution >= 0.6 is 0 Å². The number of nitrogens with zero attached hydrogens (tertiary/aromatic N) is 3. The molecule has 2 heterocycles. The second-order valence-corrected chi connectivity index (χ2v) is 3.79. The molecule has 19 heavy (non-hydrogen) atoms. The molecule has 8 heteroatoms. The molecule has 0 aromatic carbocycles. The Bertz CT molecular complexity index is 515. The van der Waals surface area contributed by atoms with Crippen molar-refractivity contribution in [3.8, 4) is 0 Å². The molecular weight excluding hydrogens is 248 g/mol. The number of fused-ring (bicyclic) bond motifs is 1. The maximum Gasteiger partial charge on any atom is 0.226 e. The first kappa shape index (κ1) is 13.5. The first-order valence-corrected chi connectivity index (χ1v) is 6.22. The number of hydrogen-bond acceptors (Lipinski definition) is 7. The zero-order valence-electron chi connectivity index (χ0n) is 10.8. The first-order chi connectivity index (χ1) is 9.35. The largest absolute Gasteiger partial charge is 0.394 e. The topological polar surface area (TPSA) is 108 Å². The van der Waals surface area contributed by atoms with E-state index in [4.69, 9.17) is 9.84 Å². The van der Waals surface area contributed by atoms with Gasteiger partial charge in [0.2, 0.25) is 5.95 Å². The molecule has 2 aromatic rings. The number of aromatic nitrogens is 4. The highest BCUT2D eigenvalue weighted by Gasteiger charge is 2.08. The second kappa shape index (κ2) is 6.86. The summed E-state index contributed by atoms with van der Waals surface area (Å²) in [4.78, 5) is 15.8. The van der Waals surface area contributed by atoms with Gasteiger partial charge in [-0.05, 0) is 6.92 Å². The first-order valence-electron chi connectivity index (χ1n) is 6.22. The molecule has 2 rings (SSSR count). The van der Waals surface area contributed by atoms with Gasteiger partial charge in [-0.15, -0.1) is 0 Å². The third-order valence-electron chi connectivity index (χ3n) is 2.40. The average Bonchev–Trinajstić information content (AvgIpc) is 2.87. The van der Waals surface area contributed by atoms with Gasteiger partial charge in [0, 0.05) is 13.1 Å². The Labute approximate surface area is 110 Å². The molecule has 0 bridgehead atoms. The van der Waals surface area contributed by atoms with Gasteiger partial charge in [-0.3, -0.25) is 0 Å². The molecule has 0 saturated carbocycles. The Morgan fingerprint density at radius 3 is 3.00 bits per heavy atom. The molecule has 2 aromatic heterocycles. The zero-order chi connectivity index (χ0) is 13.5. The highest BCUT2D eigenvalue weighted by Crippen LogP contribution is 2.18. The van der Waals surface area contributed by atoms with Crippen molar-refractivity contribution in [3.63, 3.8) is 0 Å². The van der Waals surface area contributed by atoms with Crippen molar-refractivity contribution in [2.24, 2.45) is 0 Å². The molecule has 0 spiro atoms. The third kappa shape index (κ3) is 3.52. The Kier molecular flexibility index (Phi) is 4.87. The molecule has 0 aliphatic heterocycles. The van der Waals surface area contributed by atoms with Crippen LogP contribution in [0.3, 0.4) is 0 Å². The van der Waals surface area contributed by atoms with E-state index >= 15 is 0 Å². The summed E-state index contributed by atoms with van der Waals surface area (Å²) in [6.07, 6.45) is 1.59. The van der Waals surface area contributed by atoms with Crippen molar-refractivity contribution in [2.45, 2.75) is 6.92 Å². The fourth-order valence-corrected chi connectivity index (χ4v) is 1.61. The summed E-state index contributed by atoms with van der Waals surface area (Å²) in [6.45, 7) is 4.19. The Hall–Kier alpha value is -1.93. The van der Waals surface area contributed by atoms with Gasteiger partial charge in [-0.1, -0.05) is 0 Å². The van der Waals surface area contributed by atoms with E-state index in [0.717, 1.165) is 12.1 Å². The summed E-state index contributed by atoms with van der Waals surface area (Å²) < 4.78 is 5.18. The van der Waals surface area contributed by atoms with Gasteiger partial charge >= 0.3 is 0 Å². The highest BCUT2D eigenvalue weighted by atomic mass is 16.5. The predicted octanol–water partition coefficient (Wildman–Crippen LogP) is 0.205. The fraction of sp³-hybridized carbons (Fsp3) is 0.545. The minimum absolute atomic E-state index is 0.0306. The molecule has 0 saturated heterocycles. The van der Waals surface area contributed by atoms with E-state index in [1.807, 2.05) is 6.92 Å². The number of rotatable bonds is 8. The predicted molar refractivity (Wildman–Crippen MR) is 72.2 cm³/mol. The van der Waals surface area contributed by atoms with Crippen LogP contribution in [0, 0.1) is 0 Å². The maximum absolute atomic E-state index is 8.60. The molecular formula is C11H18N6O2. The van der Waals surface area contributed by atoms with Crippen LogP contribution < -0.4 is 10.6 Å². The lowest BCUT2D eigenvalue weighted by Gasteiger charge is -2.08. The van der Waals surface area contributed by atoms with Gasteiger partial charge in [-0.25, -0.2) is 4.98 Å². The summed E-state index contributed by atoms with van der Waals surface area (Å²) in [5.41, 5.74) is 1.38. The molecule has 0 radical (unpaired) electrons. The minimum atomic E-state index is 0.0306. The number of imidazole rings is 1. The standard InChI is InChI=1S/C11H18N6O2/c1-2-12-11-16-9(13-3-5-19-6-4-18)8-10(17-11)15-7-14-8/h7,18H,2-6H2,1H3,(H3,12,13,14,15,16,17). The summed E-state index contributed by atoms with van der Waals surface area (Å²) in [6, 6.07) is 0. The summed E-state index contributed by atoms with van der Waals surface area (Å²) in [5.74, 6) is 1.23. The van der Waals surface area contributed by atoms with E-state index < -0.39 is 0 Å². The van der Waals surface area contributed by atoms with Crippen molar-refractivity contribution >= 4 is 22.9 Å². The molecule has 0 atom stereocenters. The van der Waals surface area contributed by atoms with Gasteiger partial charge in [0.15, 0.2) is 11.5 Å². The number of aliphatic hydroxyl groups excluding tert-OH is 1. The molecule has 0 aliphatic carbocycles. The van der Waals surface area contributed by atoms with Gasteiger partial charge in [-0.2, -0.15) is 9.97 Å². The number of aliphatic hydroxyl groups is 1. The lowest BCUT2D eigenvalue weighted by Crippen LogP contribution is -2.13. The third-order valence-corrected chi connectivity index (χ3v) is 2.40. The van der Waals surface area contributed by atoms with E-state index in [-0.39, 0.29) is 6.61 Å². The van der Waals surface area contributed by atoms with Gasteiger partial charge in [0.1, 0.15) is 5.52 Å². The van der Waals surface area contributed by atoms with Crippen LogP contribution in [0.25, 0.3) is 11.2 Å². The quantitative estimate of drug-likeness (QED) is 0.506. The molecule has 0 unspecified atom stereocenters. The Balaban J connectivity index is 2.04. The van der Waals surface area contributed by atoms with Gasteiger partial charge in [0.25, 0.3) is 0 Å². The van der Waals surface area contributed by atoms with Crippen LogP contribution in [0.2, 0.25) is 0 Å². The van der Waals surface area contributed by atoms with E-state index in [9.17, 15) is 0 Å². The Morgan fingerprint density at radius 1 is 1.32 bits per heavy atom. The van der Waals surface area contributed by atoms with E-state index in [0.29, 0.717) is 37.2 Å². The zero-order valence-corrected chi connectivity index (χ0v) is 10.8. The number of anilines is 2. The lowest BCUT2D eigenvalue weighted by molar-refractivity contribution is 0.0992. The van der Waals surface area contributed by atoms with Crippen LogP contribution in [0.4, 0.5) is 11.8 Å². The van der Waals surface area contributed by atoms with Crippen molar-refractivity contribution in [1.29, 1.82) is 0 Å². The highest BCUT2D eigenvalue weighted by molar-refractivity contribution is 5.83. The van der Waals surface area contributed by atoms with Crippen LogP contribution in [0.5, 0.6) is 0 Å². The normalized spacial score (nSPS) is 10.8. The molecule has 0 fully saturated rings. The number of ether oxygens (including phenoxy) is 1. The van der Waals surface area contributed by atoms with Crippen molar-refractivity contribution in [3.05, 3.63) is 6.33 Å². The number of nitrogens with one attached hydrogen (secondary N) is 3. The second-order valence-electron chi connectivity index (χ2n) is 3.79. The summed E-state index contributed by atoms with van der Waals surface area (Å²) in [7, 11) is 0. The monoisotopic (exact) mass is 266 g/mol. The van der Waals surface area contributed by atoms with Crippen LogP contribution in [0.15, 0.2) is 6.33 Å². The van der Waals surface area contributed by atoms with Crippen molar-refractivity contribution < 1.29 is 9.84 Å². The fourth-order valence-electron chi connectivity index (χ4n) is 1.61. The molecule has 0 aliphatic rings.